The van der Waals surface area contributed by atoms with E-state index in [2.05, 4.69) is 30.6 Å². The standard InChI is InChI=1S/C16H33N3/c1-4-14(3)18-9-11-19(12-10-18)16(13-17)8-6-7-15(16)5-2/h14-15H,4-13,17H2,1-3H3. The molecule has 3 nitrogen and oxygen atoms in total. The van der Waals surface area contributed by atoms with Crippen LogP contribution < -0.4 is 5.73 Å². The number of piperazine rings is 1. The van der Waals surface area contributed by atoms with Gasteiger partial charge in [-0.25, -0.2) is 0 Å². The van der Waals surface area contributed by atoms with Gasteiger partial charge in [-0.1, -0.05) is 26.7 Å². The van der Waals surface area contributed by atoms with Crippen LogP contribution in [0.25, 0.3) is 0 Å². The average molecular weight is 267 g/mol. The summed E-state index contributed by atoms with van der Waals surface area (Å²) in [5, 5.41) is 0. The first-order valence-corrected chi connectivity index (χ1v) is 8.37. The van der Waals surface area contributed by atoms with Gasteiger partial charge in [0.05, 0.1) is 0 Å². The first-order chi connectivity index (χ1) is 9.17. The lowest BCUT2D eigenvalue weighted by Gasteiger charge is -2.49. The molecule has 0 aromatic heterocycles. The summed E-state index contributed by atoms with van der Waals surface area (Å²) in [5.74, 6) is 0.827. The molecule has 0 aromatic carbocycles. The number of rotatable bonds is 5. The summed E-state index contributed by atoms with van der Waals surface area (Å²) in [6.07, 6.45) is 6.65. The zero-order chi connectivity index (χ0) is 13.9. The van der Waals surface area contributed by atoms with Gasteiger partial charge in [-0.3, -0.25) is 9.80 Å². The normalized spacial score (nSPS) is 35.7. The monoisotopic (exact) mass is 267 g/mol. The van der Waals surface area contributed by atoms with E-state index in [1.165, 1.54) is 58.3 Å². The van der Waals surface area contributed by atoms with Crippen LogP contribution in [0.5, 0.6) is 0 Å². The quantitative estimate of drug-likeness (QED) is 0.829. The van der Waals surface area contributed by atoms with Crippen molar-refractivity contribution in [1.29, 1.82) is 0 Å². The molecule has 0 radical (unpaired) electrons. The Labute approximate surface area is 119 Å². The smallest absolute Gasteiger partial charge is 0.0360 e. The van der Waals surface area contributed by atoms with Crippen molar-refractivity contribution in [1.82, 2.24) is 9.80 Å². The van der Waals surface area contributed by atoms with Crippen LogP contribution in [0.1, 0.15) is 52.9 Å². The molecule has 1 saturated heterocycles. The predicted octanol–water partition coefficient (Wildman–Crippen LogP) is 2.31. The molecule has 1 heterocycles. The maximum atomic E-state index is 6.23. The van der Waals surface area contributed by atoms with Gasteiger partial charge in [-0.2, -0.15) is 0 Å². The highest BCUT2D eigenvalue weighted by atomic mass is 15.3. The molecule has 1 saturated carbocycles. The van der Waals surface area contributed by atoms with Crippen molar-refractivity contribution in [2.45, 2.75) is 64.5 Å². The van der Waals surface area contributed by atoms with Crippen LogP contribution in [-0.2, 0) is 0 Å². The number of nitrogens with zero attached hydrogens (tertiary/aromatic N) is 2. The fourth-order valence-corrected chi connectivity index (χ4v) is 4.39. The van der Waals surface area contributed by atoms with Crippen LogP contribution in [0.2, 0.25) is 0 Å². The first-order valence-electron chi connectivity index (χ1n) is 8.37. The van der Waals surface area contributed by atoms with Crippen molar-refractivity contribution in [2.24, 2.45) is 11.7 Å². The molecular formula is C16H33N3. The Morgan fingerprint density at radius 2 is 1.89 bits per heavy atom. The fraction of sp³-hybridized carbons (Fsp3) is 1.00. The molecule has 112 valence electrons. The summed E-state index contributed by atoms with van der Waals surface area (Å²) >= 11 is 0. The van der Waals surface area contributed by atoms with Crippen LogP contribution in [0, 0.1) is 5.92 Å². The molecule has 3 heteroatoms. The van der Waals surface area contributed by atoms with E-state index in [-0.39, 0.29) is 0 Å². The summed E-state index contributed by atoms with van der Waals surface area (Å²) in [6.45, 7) is 12.8. The first kappa shape index (κ1) is 15.3. The molecule has 3 unspecified atom stereocenters. The Bertz CT molecular complexity index is 273. The molecule has 0 amide bonds. The number of hydrogen-bond donors (Lipinski definition) is 1. The highest BCUT2D eigenvalue weighted by Crippen LogP contribution is 2.42. The molecule has 0 aromatic rings. The van der Waals surface area contributed by atoms with E-state index in [4.69, 9.17) is 5.73 Å². The SMILES string of the molecule is CCC(C)N1CCN(C2(CN)CCCC2CC)CC1. The Morgan fingerprint density at radius 3 is 2.42 bits per heavy atom. The number of hydrogen-bond acceptors (Lipinski definition) is 3. The minimum absolute atomic E-state index is 0.330. The lowest BCUT2D eigenvalue weighted by molar-refractivity contribution is 0.00106. The molecule has 2 N–H and O–H groups in total. The Kier molecular flexibility index (Phi) is 5.27. The highest BCUT2D eigenvalue weighted by Gasteiger charge is 2.45. The lowest BCUT2D eigenvalue weighted by atomic mass is 9.83. The van der Waals surface area contributed by atoms with Crippen molar-refractivity contribution >= 4 is 0 Å². The van der Waals surface area contributed by atoms with Crippen LogP contribution in [0.4, 0.5) is 0 Å². The highest BCUT2D eigenvalue weighted by molar-refractivity contribution is 5.02. The van der Waals surface area contributed by atoms with Crippen molar-refractivity contribution < 1.29 is 0 Å². The van der Waals surface area contributed by atoms with Gasteiger partial charge in [0.15, 0.2) is 0 Å². The zero-order valence-corrected chi connectivity index (χ0v) is 13.2. The molecule has 0 bridgehead atoms. The average Bonchev–Trinajstić information content (AvgIpc) is 2.90. The third kappa shape index (κ3) is 2.84. The van der Waals surface area contributed by atoms with Gasteiger partial charge in [0.2, 0.25) is 0 Å². The summed E-state index contributed by atoms with van der Waals surface area (Å²) in [7, 11) is 0. The summed E-state index contributed by atoms with van der Waals surface area (Å²) in [5.41, 5.74) is 6.56. The summed E-state index contributed by atoms with van der Waals surface area (Å²) < 4.78 is 0. The summed E-state index contributed by atoms with van der Waals surface area (Å²) in [4.78, 5) is 5.39. The van der Waals surface area contributed by atoms with E-state index in [1.807, 2.05) is 0 Å². The van der Waals surface area contributed by atoms with Gasteiger partial charge >= 0.3 is 0 Å². The van der Waals surface area contributed by atoms with Crippen molar-refractivity contribution in [3.63, 3.8) is 0 Å². The zero-order valence-electron chi connectivity index (χ0n) is 13.2. The van der Waals surface area contributed by atoms with Gasteiger partial charge in [-0.15, -0.1) is 0 Å². The Morgan fingerprint density at radius 1 is 1.21 bits per heavy atom. The third-order valence-corrected chi connectivity index (χ3v) is 5.93. The van der Waals surface area contributed by atoms with Crippen LogP contribution in [0.15, 0.2) is 0 Å². The van der Waals surface area contributed by atoms with Crippen LogP contribution in [0.3, 0.4) is 0 Å². The molecule has 3 atom stereocenters. The van der Waals surface area contributed by atoms with Crippen molar-refractivity contribution in [2.75, 3.05) is 32.7 Å². The van der Waals surface area contributed by atoms with Crippen LogP contribution >= 0.6 is 0 Å². The van der Waals surface area contributed by atoms with Crippen molar-refractivity contribution in [3.8, 4) is 0 Å². The molecule has 2 rings (SSSR count). The third-order valence-electron chi connectivity index (χ3n) is 5.93. The topological polar surface area (TPSA) is 32.5 Å². The van der Waals surface area contributed by atoms with E-state index in [0.717, 1.165) is 18.5 Å². The molecule has 2 fully saturated rings. The molecule has 0 spiro atoms. The largest absolute Gasteiger partial charge is 0.329 e. The maximum Gasteiger partial charge on any atom is 0.0360 e. The molecule has 1 aliphatic carbocycles. The molecule has 19 heavy (non-hydrogen) atoms. The number of nitrogens with two attached hydrogens (primary N) is 1. The van der Waals surface area contributed by atoms with Crippen molar-refractivity contribution in [3.05, 3.63) is 0 Å². The maximum absolute atomic E-state index is 6.23. The molecular weight excluding hydrogens is 234 g/mol. The lowest BCUT2D eigenvalue weighted by Crippen LogP contribution is -2.62. The van der Waals surface area contributed by atoms with E-state index in [1.54, 1.807) is 0 Å². The van der Waals surface area contributed by atoms with Gasteiger partial charge in [0, 0.05) is 44.3 Å². The molecule has 2 aliphatic rings. The van der Waals surface area contributed by atoms with E-state index >= 15 is 0 Å². The van der Waals surface area contributed by atoms with Gasteiger partial charge in [-0.05, 0) is 32.1 Å². The predicted molar refractivity (Wildman–Crippen MR) is 82.3 cm³/mol. The van der Waals surface area contributed by atoms with Gasteiger partial charge in [0.25, 0.3) is 0 Å². The van der Waals surface area contributed by atoms with E-state index in [0.29, 0.717) is 5.54 Å². The fourth-order valence-electron chi connectivity index (χ4n) is 4.39. The summed E-state index contributed by atoms with van der Waals surface area (Å²) in [6, 6.07) is 0.738. The second-order valence-corrected chi connectivity index (χ2v) is 6.59. The van der Waals surface area contributed by atoms with Crippen LogP contribution in [-0.4, -0.2) is 54.1 Å². The Hall–Kier alpha value is -0.120. The minimum atomic E-state index is 0.330. The minimum Gasteiger partial charge on any atom is -0.329 e. The Balaban J connectivity index is 1.99. The second-order valence-electron chi connectivity index (χ2n) is 6.59. The van der Waals surface area contributed by atoms with E-state index < -0.39 is 0 Å². The van der Waals surface area contributed by atoms with E-state index in [9.17, 15) is 0 Å². The molecule has 1 aliphatic heterocycles. The van der Waals surface area contributed by atoms with Gasteiger partial charge < -0.3 is 5.73 Å². The second kappa shape index (κ2) is 6.55. The van der Waals surface area contributed by atoms with Gasteiger partial charge in [0.1, 0.15) is 0 Å².